The molecule has 186 valence electrons. The molecule has 0 bridgehead atoms. The Hall–Kier alpha value is -2.99. The molecule has 0 radical (unpaired) electrons. The van der Waals surface area contributed by atoms with Crippen molar-refractivity contribution in [3.8, 4) is 0 Å². The normalized spacial score (nSPS) is 17.5. The lowest BCUT2D eigenvalue weighted by atomic mass is 9.94. The third-order valence-corrected chi connectivity index (χ3v) is 7.37. The Labute approximate surface area is 217 Å². The Balaban J connectivity index is 1.68. The Bertz CT molecular complexity index is 1400. The van der Waals surface area contributed by atoms with E-state index in [4.69, 9.17) is 16.6 Å². The smallest absolute Gasteiger partial charge is 0.261 e. The van der Waals surface area contributed by atoms with Crippen LogP contribution in [-0.4, -0.2) is 34.1 Å². The molecule has 36 heavy (non-hydrogen) atoms. The number of aromatic nitrogens is 2. The summed E-state index contributed by atoms with van der Waals surface area (Å²) in [7, 11) is 0. The monoisotopic (exact) mass is 500 g/mol. The minimum atomic E-state index is -0.0433. The van der Waals surface area contributed by atoms with Gasteiger partial charge in [0, 0.05) is 30.7 Å². The van der Waals surface area contributed by atoms with E-state index in [1.165, 1.54) is 11.1 Å². The van der Waals surface area contributed by atoms with E-state index < -0.39 is 0 Å². The molecule has 1 N–H and O–H groups in total. The molecule has 1 aliphatic heterocycles. The maximum absolute atomic E-state index is 13.9. The van der Waals surface area contributed by atoms with Crippen molar-refractivity contribution >= 4 is 22.5 Å². The zero-order chi connectivity index (χ0) is 25.2. The molecule has 0 spiro atoms. The SMILES string of the molecule is Cc1ccc(C2CNCCN2C(c2nc3cc(Cl)ccc3c(=O)n2Cc2ccccc2)C(C)C)cc1. The Kier molecular flexibility index (Phi) is 7.24. The average molecular weight is 501 g/mol. The van der Waals surface area contributed by atoms with Crippen LogP contribution in [0.5, 0.6) is 0 Å². The first-order valence-corrected chi connectivity index (χ1v) is 13.1. The molecule has 2 unspecified atom stereocenters. The molecule has 5 nitrogen and oxygen atoms in total. The van der Waals surface area contributed by atoms with Gasteiger partial charge in [-0.1, -0.05) is 85.6 Å². The van der Waals surface area contributed by atoms with Crippen LogP contribution in [0.25, 0.3) is 10.9 Å². The van der Waals surface area contributed by atoms with Crippen molar-refractivity contribution in [3.05, 3.63) is 111 Å². The third-order valence-electron chi connectivity index (χ3n) is 7.13. The van der Waals surface area contributed by atoms with Gasteiger partial charge in [0.1, 0.15) is 5.82 Å². The number of aryl methyl sites for hydroxylation is 1. The summed E-state index contributed by atoms with van der Waals surface area (Å²) in [6.07, 6.45) is 0. The average Bonchev–Trinajstić information content (AvgIpc) is 2.87. The van der Waals surface area contributed by atoms with E-state index in [-0.39, 0.29) is 23.6 Å². The van der Waals surface area contributed by atoms with Crippen LogP contribution in [0.1, 0.15) is 48.4 Å². The third kappa shape index (κ3) is 4.96. The van der Waals surface area contributed by atoms with E-state index in [0.29, 0.717) is 22.5 Å². The Morgan fingerprint density at radius 1 is 1.06 bits per heavy atom. The van der Waals surface area contributed by atoms with Crippen LogP contribution in [0.15, 0.2) is 77.6 Å². The number of nitrogens with one attached hydrogen (secondary N) is 1. The second-order valence-corrected chi connectivity index (χ2v) is 10.5. The minimum absolute atomic E-state index is 0.0248. The summed E-state index contributed by atoms with van der Waals surface area (Å²) >= 11 is 6.33. The lowest BCUT2D eigenvalue weighted by molar-refractivity contribution is 0.0701. The molecule has 1 saturated heterocycles. The summed E-state index contributed by atoms with van der Waals surface area (Å²) in [5.74, 6) is 1.04. The molecule has 0 aliphatic carbocycles. The zero-order valence-corrected chi connectivity index (χ0v) is 21.9. The van der Waals surface area contributed by atoms with Gasteiger partial charge < -0.3 is 5.32 Å². The van der Waals surface area contributed by atoms with Crippen molar-refractivity contribution in [1.82, 2.24) is 19.8 Å². The summed E-state index contributed by atoms with van der Waals surface area (Å²) in [5.41, 5.74) is 4.23. The number of fused-ring (bicyclic) bond motifs is 1. The molecule has 2 atom stereocenters. The molecule has 0 saturated carbocycles. The molecule has 5 rings (SSSR count). The van der Waals surface area contributed by atoms with E-state index in [1.807, 2.05) is 22.8 Å². The van der Waals surface area contributed by atoms with Gasteiger partial charge in [-0.3, -0.25) is 14.3 Å². The fourth-order valence-electron chi connectivity index (χ4n) is 5.34. The maximum Gasteiger partial charge on any atom is 0.261 e. The molecule has 6 heteroatoms. The lowest BCUT2D eigenvalue weighted by Crippen LogP contribution is -2.49. The van der Waals surface area contributed by atoms with Crippen LogP contribution in [0.4, 0.5) is 0 Å². The van der Waals surface area contributed by atoms with Crippen LogP contribution < -0.4 is 10.9 Å². The number of hydrogen-bond donors (Lipinski definition) is 1. The maximum atomic E-state index is 13.9. The molecule has 4 aromatic rings. The van der Waals surface area contributed by atoms with Crippen molar-refractivity contribution < 1.29 is 0 Å². The van der Waals surface area contributed by atoms with E-state index in [9.17, 15) is 4.79 Å². The van der Waals surface area contributed by atoms with E-state index in [2.05, 4.69) is 67.4 Å². The Morgan fingerprint density at radius 3 is 2.53 bits per heavy atom. The fourth-order valence-corrected chi connectivity index (χ4v) is 5.50. The highest BCUT2D eigenvalue weighted by Gasteiger charge is 2.35. The van der Waals surface area contributed by atoms with Gasteiger partial charge in [0.15, 0.2) is 0 Å². The summed E-state index contributed by atoms with van der Waals surface area (Å²) in [6, 6.07) is 24.5. The van der Waals surface area contributed by atoms with E-state index in [0.717, 1.165) is 31.0 Å². The molecule has 1 aliphatic rings. The molecule has 1 fully saturated rings. The molecular formula is C30H33ClN4O. The topological polar surface area (TPSA) is 50.2 Å². The van der Waals surface area contributed by atoms with Gasteiger partial charge in [-0.15, -0.1) is 0 Å². The summed E-state index contributed by atoms with van der Waals surface area (Å²) in [5, 5.41) is 4.76. The Morgan fingerprint density at radius 2 is 1.81 bits per heavy atom. The lowest BCUT2D eigenvalue weighted by Gasteiger charge is -2.43. The molecule has 1 aromatic heterocycles. The summed E-state index contributed by atoms with van der Waals surface area (Å²) in [4.78, 5) is 21.6. The van der Waals surface area contributed by atoms with Crippen molar-refractivity contribution in [2.75, 3.05) is 19.6 Å². The zero-order valence-electron chi connectivity index (χ0n) is 21.1. The van der Waals surface area contributed by atoms with Crippen LogP contribution in [0.2, 0.25) is 5.02 Å². The van der Waals surface area contributed by atoms with Gasteiger partial charge in [-0.2, -0.15) is 0 Å². The number of rotatable bonds is 6. The number of benzene rings is 3. The van der Waals surface area contributed by atoms with Crippen molar-refractivity contribution in [2.24, 2.45) is 5.92 Å². The quantitative estimate of drug-likeness (QED) is 0.366. The van der Waals surface area contributed by atoms with E-state index >= 15 is 0 Å². The number of hydrogen-bond acceptors (Lipinski definition) is 4. The van der Waals surface area contributed by atoms with Crippen LogP contribution in [-0.2, 0) is 6.54 Å². The first-order chi connectivity index (χ1) is 17.4. The second-order valence-electron chi connectivity index (χ2n) is 10.1. The van der Waals surface area contributed by atoms with Crippen LogP contribution in [0, 0.1) is 12.8 Å². The number of piperazine rings is 1. The second kappa shape index (κ2) is 10.6. The van der Waals surface area contributed by atoms with Crippen molar-refractivity contribution in [3.63, 3.8) is 0 Å². The highest BCUT2D eigenvalue weighted by molar-refractivity contribution is 6.31. The first-order valence-electron chi connectivity index (χ1n) is 12.7. The van der Waals surface area contributed by atoms with E-state index in [1.54, 1.807) is 18.2 Å². The van der Waals surface area contributed by atoms with Gasteiger partial charge in [-0.05, 0) is 42.2 Å². The first kappa shape index (κ1) is 24.7. The fraction of sp³-hybridized carbons (Fsp3) is 0.333. The predicted octanol–water partition coefficient (Wildman–Crippen LogP) is 5.75. The standard InChI is InChI=1S/C30H33ClN4O/c1-20(2)28(34-16-15-32-18-27(34)23-11-9-21(3)10-12-23)29-33-26-17-24(31)13-14-25(26)30(36)35(29)19-22-7-5-4-6-8-22/h4-14,17,20,27-28,32H,15-16,18-19H2,1-3H3. The van der Waals surface area contributed by atoms with Gasteiger partial charge in [0.2, 0.25) is 0 Å². The highest BCUT2D eigenvalue weighted by Crippen LogP contribution is 2.36. The van der Waals surface area contributed by atoms with Crippen LogP contribution in [0.3, 0.4) is 0 Å². The molecule has 3 aromatic carbocycles. The molecule has 0 amide bonds. The summed E-state index contributed by atoms with van der Waals surface area (Å²) in [6.45, 7) is 9.66. The largest absolute Gasteiger partial charge is 0.314 e. The van der Waals surface area contributed by atoms with Crippen molar-refractivity contribution in [1.29, 1.82) is 0 Å². The predicted molar refractivity (Wildman–Crippen MR) is 148 cm³/mol. The summed E-state index contributed by atoms with van der Waals surface area (Å²) < 4.78 is 1.88. The van der Waals surface area contributed by atoms with Crippen LogP contribution >= 0.6 is 11.6 Å². The highest BCUT2D eigenvalue weighted by atomic mass is 35.5. The molecular weight excluding hydrogens is 468 g/mol. The van der Waals surface area contributed by atoms with Gasteiger partial charge in [-0.25, -0.2) is 4.98 Å². The number of nitrogens with zero attached hydrogens (tertiary/aromatic N) is 3. The van der Waals surface area contributed by atoms with Gasteiger partial charge in [0.25, 0.3) is 5.56 Å². The van der Waals surface area contributed by atoms with Crippen molar-refractivity contribution in [2.45, 2.75) is 39.4 Å². The minimum Gasteiger partial charge on any atom is -0.314 e. The van der Waals surface area contributed by atoms with Gasteiger partial charge in [0.05, 0.1) is 23.5 Å². The number of halogens is 1. The van der Waals surface area contributed by atoms with Gasteiger partial charge >= 0.3 is 0 Å². The molecule has 2 heterocycles.